The molecule has 0 radical (unpaired) electrons. The van der Waals surface area contributed by atoms with E-state index in [0.717, 1.165) is 5.56 Å². The second-order valence-electron chi connectivity index (χ2n) is 3.09. The highest BCUT2D eigenvalue weighted by molar-refractivity contribution is 5.25. The van der Waals surface area contributed by atoms with E-state index in [1.807, 2.05) is 13.0 Å². The van der Waals surface area contributed by atoms with Crippen molar-refractivity contribution >= 4 is 0 Å². The number of benzene rings is 1. The van der Waals surface area contributed by atoms with E-state index in [2.05, 4.69) is 0 Å². The van der Waals surface area contributed by atoms with Crippen molar-refractivity contribution in [1.29, 1.82) is 0 Å². The van der Waals surface area contributed by atoms with Crippen molar-refractivity contribution in [1.82, 2.24) is 0 Å². The molecule has 1 rings (SSSR count). The quantitative estimate of drug-likeness (QED) is 0.775. The Hall–Kier alpha value is -0.930. The topological polar surface area (TPSA) is 35.2 Å². The lowest BCUT2D eigenvalue weighted by Crippen LogP contribution is -2.17. The molecule has 0 amide bonds. The summed E-state index contributed by atoms with van der Waals surface area (Å²) in [5, 5.41) is 0. The minimum Gasteiger partial charge on any atom is -0.383 e. The third kappa shape index (κ3) is 2.50. The van der Waals surface area contributed by atoms with Gasteiger partial charge >= 0.3 is 0 Å². The SMILES string of the molecule is COC[C@@H](N)c1ccc(C)cc1F. The van der Waals surface area contributed by atoms with E-state index in [9.17, 15) is 4.39 Å². The van der Waals surface area contributed by atoms with Crippen LogP contribution < -0.4 is 5.73 Å². The standard InChI is InChI=1S/C10H14FNO/c1-7-3-4-8(9(11)5-7)10(12)6-13-2/h3-5,10H,6,12H2,1-2H3/t10-/m1/s1. The van der Waals surface area contributed by atoms with Crippen LogP contribution in [0.2, 0.25) is 0 Å². The lowest BCUT2D eigenvalue weighted by Gasteiger charge is -2.11. The molecule has 1 atom stereocenters. The number of hydrogen-bond acceptors (Lipinski definition) is 2. The average Bonchev–Trinajstić information content (AvgIpc) is 2.04. The molecule has 0 spiro atoms. The lowest BCUT2D eigenvalue weighted by molar-refractivity contribution is 0.179. The molecule has 72 valence electrons. The highest BCUT2D eigenvalue weighted by Crippen LogP contribution is 2.16. The minimum absolute atomic E-state index is 0.260. The normalized spacial score (nSPS) is 12.9. The van der Waals surface area contributed by atoms with Crippen LogP contribution in [0.5, 0.6) is 0 Å². The molecule has 1 aromatic carbocycles. The molecule has 0 aromatic heterocycles. The van der Waals surface area contributed by atoms with Crippen LogP contribution in [-0.2, 0) is 4.74 Å². The number of ether oxygens (including phenoxy) is 1. The Morgan fingerprint density at radius 3 is 2.77 bits per heavy atom. The predicted octanol–water partition coefficient (Wildman–Crippen LogP) is 1.78. The van der Waals surface area contributed by atoms with Crippen molar-refractivity contribution in [3.05, 3.63) is 35.1 Å². The molecule has 0 aliphatic heterocycles. The maximum absolute atomic E-state index is 13.3. The summed E-state index contributed by atoms with van der Waals surface area (Å²) in [4.78, 5) is 0. The number of rotatable bonds is 3. The van der Waals surface area contributed by atoms with Gasteiger partial charge in [0.25, 0.3) is 0 Å². The maximum atomic E-state index is 13.3. The van der Waals surface area contributed by atoms with Crippen molar-refractivity contribution in [2.75, 3.05) is 13.7 Å². The molecule has 0 saturated carbocycles. The van der Waals surface area contributed by atoms with Crippen molar-refractivity contribution < 1.29 is 9.13 Å². The zero-order valence-electron chi connectivity index (χ0n) is 7.88. The summed E-state index contributed by atoms with van der Waals surface area (Å²) in [7, 11) is 1.55. The first-order valence-electron chi connectivity index (χ1n) is 4.15. The van der Waals surface area contributed by atoms with E-state index in [0.29, 0.717) is 12.2 Å². The Bertz CT molecular complexity index is 288. The monoisotopic (exact) mass is 183 g/mol. The van der Waals surface area contributed by atoms with Crippen LogP contribution in [0.1, 0.15) is 17.2 Å². The first-order valence-corrected chi connectivity index (χ1v) is 4.15. The molecule has 1 aromatic rings. The molecule has 2 nitrogen and oxygen atoms in total. The molecule has 13 heavy (non-hydrogen) atoms. The van der Waals surface area contributed by atoms with Gasteiger partial charge in [-0.25, -0.2) is 4.39 Å². The number of methoxy groups -OCH3 is 1. The summed E-state index contributed by atoms with van der Waals surface area (Å²) in [6, 6.07) is 4.64. The van der Waals surface area contributed by atoms with Crippen LogP contribution in [0, 0.1) is 12.7 Å². The second kappa shape index (κ2) is 4.35. The molecule has 3 heteroatoms. The van der Waals surface area contributed by atoms with Crippen molar-refractivity contribution in [3.8, 4) is 0 Å². The second-order valence-corrected chi connectivity index (χ2v) is 3.09. The van der Waals surface area contributed by atoms with E-state index in [1.54, 1.807) is 13.2 Å². The summed E-state index contributed by atoms with van der Waals surface area (Å²) in [6.07, 6.45) is 0. The van der Waals surface area contributed by atoms with Crippen LogP contribution in [0.3, 0.4) is 0 Å². The minimum atomic E-state index is -0.384. The number of nitrogens with two attached hydrogens (primary N) is 1. The third-order valence-corrected chi connectivity index (χ3v) is 1.90. The lowest BCUT2D eigenvalue weighted by atomic mass is 10.1. The van der Waals surface area contributed by atoms with Gasteiger partial charge in [0.2, 0.25) is 0 Å². The van der Waals surface area contributed by atoms with Gasteiger partial charge in [-0.3, -0.25) is 0 Å². The molecular formula is C10H14FNO. The molecule has 2 N–H and O–H groups in total. The zero-order valence-corrected chi connectivity index (χ0v) is 7.88. The van der Waals surface area contributed by atoms with Crippen molar-refractivity contribution in [2.45, 2.75) is 13.0 Å². The highest BCUT2D eigenvalue weighted by Gasteiger charge is 2.10. The van der Waals surface area contributed by atoms with Crippen molar-refractivity contribution in [3.63, 3.8) is 0 Å². The Balaban J connectivity index is 2.88. The van der Waals surface area contributed by atoms with Gasteiger partial charge in [0, 0.05) is 12.7 Å². The Kier molecular flexibility index (Phi) is 3.39. The molecule has 0 aliphatic carbocycles. The van der Waals surface area contributed by atoms with Crippen molar-refractivity contribution in [2.24, 2.45) is 5.73 Å². The Labute approximate surface area is 77.5 Å². The third-order valence-electron chi connectivity index (χ3n) is 1.90. The van der Waals surface area contributed by atoms with Gasteiger partial charge in [0.05, 0.1) is 12.6 Å². The maximum Gasteiger partial charge on any atom is 0.128 e. The first-order chi connectivity index (χ1) is 6.15. The highest BCUT2D eigenvalue weighted by atomic mass is 19.1. The fourth-order valence-electron chi connectivity index (χ4n) is 1.20. The fourth-order valence-corrected chi connectivity index (χ4v) is 1.20. The van der Waals surface area contributed by atoms with Gasteiger partial charge in [-0.15, -0.1) is 0 Å². The van der Waals surface area contributed by atoms with E-state index in [1.165, 1.54) is 6.07 Å². The van der Waals surface area contributed by atoms with E-state index in [4.69, 9.17) is 10.5 Å². The fraction of sp³-hybridized carbons (Fsp3) is 0.400. The van der Waals surface area contributed by atoms with E-state index < -0.39 is 0 Å². The molecule has 0 bridgehead atoms. The van der Waals surface area contributed by atoms with Crippen LogP contribution in [0.25, 0.3) is 0 Å². The summed E-state index contributed by atoms with van der Waals surface area (Å²) in [5.74, 6) is -0.260. The molecular weight excluding hydrogens is 169 g/mol. The first kappa shape index (κ1) is 10.2. The van der Waals surface area contributed by atoms with Crippen LogP contribution >= 0.6 is 0 Å². The van der Waals surface area contributed by atoms with Gasteiger partial charge in [-0.1, -0.05) is 12.1 Å². The van der Waals surface area contributed by atoms with Crippen LogP contribution in [0.15, 0.2) is 18.2 Å². The number of halogens is 1. The van der Waals surface area contributed by atoms with E-state index in [-0.39, 0.29) is 11.9 Å². The molecule has 0 saturated heterocycles. The molecule has 0 aliphatic rings. The summed E-state index contributed by atoms with van der Waals surface area (Å²) in [5.41, 5.74) is 7.09. The summed E-state index contributed by atoms with van der Waals surface area (Å²) >= 11 is 0. The smallest absolute Gasteiger partial charge is 0.128 e. The van der Waals surface area contributed by atoms with Crippen LogP contribution in [0.4, 0.5) is 4.39 Å². The van der Waals surface area contributed by atoms with Gasteiger partial charge in [0.15, 0.2) is 0 Å². The Morgan fingerprint density at radius 1 is 1.54 bits per heavy atom. The molecule has 0 fully saturated rings. The zero-order chi connectivity index (χ0) is 9.84. The van der Waals surface area contributed by atoms with Gasteiger partial charge in [-0.2, -0.15) is 0 Å². The van der Waals surface area contributed by atoms with E-state index >= 15 is 0 Å². The average molecular weight is 183 g/mol. The van der Waals surface area contributed by atoms with Gasteiger partial charge in [-0.05, 0) is 18.6 Å². The number of hydrogen-bond donors (Lipinski definition) is 1. The predicted molar refractivity (Wildman–Crippen MR) is 49.9 cm³/mol. The summed E-state index contributed by atoms with van der Waals surface area (Å²) in [6.45, 7) is 2.18. The van der Waals surface area contributed by atoms with Crippen LogP contribution in [-0.4, -0.2) is 13.7 Å². The number of aryl methyl sites for hydroxylation is 1. The molecule has 0 heterocycles. The van der Waals surface area contributed by atoms with Gasteiger partial charge < -0.3 is 10.5 Å². The summed E-state index contributed by atoms with van der Waals surface area (Å²) < 4.78 is 18.1. The van der Waals surface area contributed by atoms with Gasteiger partial charge in [0.1, 0.15) is 5.82 Å². The largest absolute Gasteiger partial charge is 0.383 e. The molecule has 0 unspecified atom stereocenters. The Morgan fingerprint density at radius 2 is 2.23 bits per heavy atom.